The molecule has 0 aromatic carbocycles. The Morgan fingerprint density at radius 3 is 1.23 bits per heavy atom. The molecular formula is C68H130N2O7P+. The average molecular weight is 1120 g/mol. The maximum atomic E-state index is 13.5. The topological polar surface area (TPSA) is 111 Å². The molecule has 0 aliphatic rings. The number of ether oxygens (including phenoxy) is 1. The van der Waals surface area contributed by atoms with Crippen molar-refractivity contribution in [2.24, 2.45) is 0 Å². The summed E-state index contributed by atoms with van der Waals surface area (Å²) in [4.78, 5) is 37.7. The SMILES string of the molecule is CC/C=C/C/C=C/C/C=C/CCCCCCC(=O)NC(COP(=O)(O)OCC[N+](C)(C)C)C(/C=C\CCCCCCCCCCC)OC(=O)CCCCCCCCCCCCCCCCCCCCCCCCCCCCC. The van der Waals surface area contributed by atoms with Crippen LogP contribution in [0.25, 0.3) is 0 Å². The van der Waals surface area contributed by atoms with Gasteiger partial charge in [-0.25, -0.2) is 4.57 Å². The Balaban J connectivity index is 4.96. The summed E-state index contributed by atoms with van der Waals surface area (Å²) in [6, 6.07) is -0.857. The number of allylic oxidation sites excluding steroid dienone is 7. The van der Waals surface area contributed by atoms with E-state index < -0.39 is 20.0 Å². The molecule has 10 heteroatoms. The van der Waals surface area contributed by atoms with Gasteiger partial charge in [-0.05, 0) is 63.9 Å². The number of rotatable bonds is 61. The van der Waals surface area contributed by atoms with Crippen LogP contribution < -0.4 is 5.32 Å². The molecule has 0 fully saturated rings. The number of unbranched alkanes of at least 4 members (excludes halogenated alkanes) is 39. The van der Waals surface area contributed by atoms with Gasteiger partial charge in [0.25, 0.3) is 0 Å². The van der Waals surface area contributed by atoms with Crippen LogP contribution in [0.3, 0.4) is 0 Å². The van der Waals surface area contributed by atoms with Crippen molar-refractivity contribution in [2.45, 2.75) is 335 Å². The number of nitrogens with one attached hydrogen (secondary N) is 1. The molecule has 0 heterocycles. The number of esters is 1. The zero-order chi connectivity index (χ0) is 57.2. The van der Waals surface area contributed by atoms with E-state index in [0.29, 0.717) is 23.9 Å². The van der Waals surface area contributed by atoms with Gasteiger partial charge in [-0.2, -0.15) is 0 Å². The summed E-state index contributed by atoms with van der Waals surface area (Å²) >= 11 is 0. The Morgan fingerprint density at radius 2 is 0.821 bits per heavy atom. The molecule has 0 aliphatic heterocycles. The summed E-state index contributed by atoms with van der Waals surface area (Å²) < 4.78 is 30.7. The second-order valence-corrected chi connectivity index (χ2v) is 25.4. The maximum Gasteiger partial charge on any atom is 0.472 e. The van der Waals surface area contributed by atoms with Gasteiger partial charge in [0.2, 0.25) is 5.91 Å². The zero-order valence-electron chi connectivity index (χ0n) is 52.4. The fraction of sp³-hybridized carbons (Fsp3) is 0.853. The van der Waals surface area contributed by atoms with Gasteiger partial charge in [0.15, 0.2) is 0 Å². The van der Waals surface area contributed by atoms with Crippen LogP contribution >= 0.6 is 7.82 Å². The van der Waals surface area contributed by atoms with Crippen molar-refractivity contribution in [3.8, 4) is 0 Å². The first kappa shape index (κ1) is 76.0. The third kappa shape index (κ3) is 58.6. The van der Waals surface area contributed by atoms with Gasteiger partial charge in [0.05, 0.1) is 33.8 Å². The minimum Gasteiger partial charge on any atom is -0.456 e. The van der Waals surface area contributed by atoms with Gasteiger partial charge in [-0.3, -0.25) is 18.6 Å². The number of hydrogen-bond donors (Lipinski definition) is 2. The normalized spacial score (nSPS) is 13.9. The van der Waals surface area contributed by atoms with Crippen LogP contribution in [0.1, 0.15) is 323 Å². The highest BCUT2D eigenvalue weighted by Crippen LogP contribution is 2.43. The van der Waals surface area contributed by atoms with E-state index in [2.05, 4.69) is 62.5 Å². The highest BCUT2D eigenvalue weighted by molar-refractivity contribution is 7.47. The molecule has 0 saturated heterocycles. The smallest absolute Gasteiger partial charge is 0.456 e. The van der Waals surface area contributed by atoms with E-state index in [1.165, 1.54) is 199 Å². The van der Waals surface area contributed by atoms with Crippen molar-refractivity contribution < 1.29 is 37.3 Å². The fourth-order valence-corrected chi connectivity index (χ4v) is 10.6. The van der Waals surface area contributed by atoms with Crippen molar-refractivity contribution in [1.29, 1.82) is 0 Å². The number of nitrogens with zero attached hydrogens (tertiary/aromatic N) is 1. The molecule has 0 aromatic heterocycles. The van der Waals surface area contributed by atoms with Gasteiger partial charge >= 0.3 is 13.8 Å². The van der Waals surface area contributed by atoms with Crippen LogP contribution in [0.5, 0.6) is 0 Å². The van der Waals surface area contributed by atoms with Crippen LogP contribution in [0, 0.1) is 0 Å². The number of amides is 1. The monoisotopic (exact) mass is 1120 g/mol. The van der Waals surface area contributed by atoms with E-state index in [1.54, 1.807) is 0 Å². The van der Waals surface area contributed by atoms with Gasteiger partial charge in [-0.15, -0.1) is 0 Å². The van der Waals surface area contributed by atoms with Crippen molar-refractivity contribution in [3.63, 3.8) is 0 Å². The van der Waals surface area contributed by atoms with E-state index >= 15 is 0 Å². The quantitative estimate of drug-likeness (QED) is 0.0205. The molecule has 458 valence electrons. The molecule has 3 atom stereocenters. The molecule has 0 aromatic rings. The lowest BCUT2D eigenvalue weighted by atomic mass is 10.0. The number of phosphoric ester groups is 1. The Labute approximate surface area is 484 Å². The Morgan fingerprint density at radius 1 is 0.462 bits per heavy atom. The lowest BCUT2D eigenvalue weighted by molar-refractivity contribution is -0.870. The van der Waals surface area contributed by atoms with Crippen LogP contribution in [-0.2, 0) is 27.9 Å². The lowest BCUT2D eigenvalue weighted by Gasteiger charge is -2.27. The van der Waals surface area contributed by atoms with E-state index in [4.69, 9.17) is 13.8 Å². The first-order valence-electron chi connectivity index (χ1n) is 33.5. The highest BCUT2D eigenvalue weighted by Gasteiger charge is 2.30. The maximum absolute atomic E-state index is 13.5. The Hall–Kier alpha value is -2.03. The molecule has 0 aliphatic carbocycles. The molecule has 1 amide bonds. The van der Waals surface area contributed by atoms with Crippen LogP contribution in [-0.4, -0.2) is 74.3 Å². The Kier molecular flexibility index (Phi) is 56.7. The summed E-state index contributed by atoms with van der Waals surface area (Å²) in [7, 11) is 1.49. The second-order valence-electron chi connectivity index (χ2n) is 24.0. The van der Waals surface area contributed by atoms with Crippen molar-refractivity contribution in [1.82, 2.24) is 5.32 Å². The standard InChI is InChI=1S/C68H129N2O7P/c1-7-10-13-16-19-22-25-27-29-30-31-32-33-34-35-36-37-38-39-40-41-43-46-49-52-55-58-61-68(72)77-66(59-56-53-50-47-44-24-21-18-15-12-9-3)65(64-76-78(73,74)75-63-62-70(4,5)6)69-67(71)60-57-54-51-48-45-42-28-26-23-20-17-14-11-8-2/h11,14,20,23,28,42,56,59,65-66H,7-10,12-13,15-19,21-22,24-27,29-41,43-55,57-58,60-64H2,1-6H3,(H-,69,71,73,74)/p+1/b14-11+,23-20+,42-28+,59-56-. The van der Waals surface area contributed by atoms with Crippen molar-refractivity contribution in [3.05, 3.63) is 48.6 Å². The summed E-state index contributed by atoms with van der Waals surface area (Å²) in [6.07, 6.45) is 72.8. The fourth-order valence-electron chi connectivity index (χ4n) is 9.90. The zero-order valence-corrected chi connectivity index (χ0v) is 53.3. The number of carbonyl (C=O) groups excluding carboxylic acids is 2. The first-order valence-corrected chi connectivity index (χ1v) is 35.0. The molecule has 9 nitrogen and oxygen atoms in total. The van der Waals surface area contributed by atoms with Gasteiger partial charge in [-0.1, -0.05) is 294 Å². The van der Waals surface area contributed by atoms with Crippen LogP contribution in [0.15, 0.2) is 48.6 Å². The lowest BCUT2D eigenvalue weighted by Crippen LogP contribution is -2.47. The van der Waals surface area contributed by atoms with E-state index in [0.717, 1.165) is 89.9 Å². The summed E-state index contributed by atoms with van der Waals surface area (Å²) in [6.45, 7) is 6.91. The number of phosphoric acid groups is 1. The second kappa shape index (κ2) is 58.2. The van der Waals surface area contributed by atoms with Crippen molar-refractivity contribution in [2.75, 3.05) is 40.9 Å². The molecule has 78 heavy (non-hydrogen) atoms. The van der Waals surface area contributed by atoms with Crippen molar-refractivity contribution >= 4 is 19.7 Å². The molecule has 0 saturated carbocycles. The number of likely N-dealkylation sites (N-methyl/N-ethyl adjacent to an activating group) is 1. The van der Waals surface area contributed by atoms with Gasteiger partial charge in [0.1, 0.15) is 19.3 Å². The Bertz CT molecular complexity index is 1470. The van der Waals surface area contributed by atoms with E-state index in [-0.39, 0.29) is 25.1 Å². The molecule has 0 radical (unpaired) electrons. The summed E-state index contributed by atoms with van der Waals surface area (Å²) in [5.74, 6) is -0.520. The van der Waals surface area contributed by atoms with E-state index in [1.807, 2.05) is 33.3 Å². The van der Waals surface area contributed by atoms with Crippen LogP contribution in [0.4, 0.5) is 0 Å². The molecule has 2 N–H and O–H groups in total. The predicted molar refractivity (Wildman–Crippen MR) is 337 cm³/mol. The third-order valence-corrected chi connectivity index (χ3v) is 16.0. The summed E-state index contributed by atoms with van der Waals surface area (Å²) in [5.41, 5.74) is 0. The largest absolute Gasteiger partial charge is 0.472 e. The minimum absolute atomic E-state index is 0.0365. The van der Waals surface area contributed by atoms with Crippen LogP contribution in [0.2, 0.25) is 0 Å². The molecular weight excluding hydrogens is 988 g/mol. The predicted octanol–water partition coefficient (Wildman–Crippen LogP) is 20.8. The molecule has 0 rings (SSSR count). The molecule has 0 bridgehead atoms. The highest BCUT2D eigenvalue weighted by atomic mass is 31.2. The van der Waals surface area contributed by atoms with Gasteiger partial charge in [0, 0.05) is 12.8 Å². The molecule has 0 spiro atoms. The van der Waals surface area contributed by atoms with Gasteiger partial charge < -0.3 is 19.4 Å². The minimum atomic E-state index is -4.45. The number of quaternary nitrogens is 1. The number of carbonyl (C=O) groups is 2. The van der Waals surface area contributed by atoms with E-state index in [9.17, 15) is 19.0 Å². The third-order valence-electron chi connectivity index (χ3n) is 15.0. The first-order chi connectivity index (χ1) is 37.9. The number of hydrogen-bond acceptors (Lipinski definition) is 6. The summed E-state index contributed by atoms with van der Waals surface area (Å²) in [5, 5.41) is 3.04. The average Bonchev–Trinajstić information content (AvgIpc) is 3.40. The molecule has 3 unspecified atom stereocenters.